The second kappa shape index (κ2) is 4.97. The molecule has 17 heavy (non-hydrogen) atoms. The quantitative estimate of drug-likeness (QED) is 0.871. The fourth-order valence-electron chi connectivity index (χ4n) is 1.81. The van der Waals surface area contributed by atoms with Crippen molar-refractivity contribution in [2.45, 2.75) is 13.0 Å². The van der Waals surface area contributed by atoms with E-state index in [2.05, 4.69) is 21.5 Å². The molecule has 0 amide bonds. The Morgan fingerprint density at radius 3 is 3.06 bits per heavy atom. The Balaban J connectivity index is 2.36. The topological polar surface area (TPSA) is 66.0 Å². The van der Waals surface area contributed by atoms with Gasteiger partial charge in [-0.2, -0.15) is 0 Å². The molecule has 2 N–H and O–H groups in total. The molecule has 1 atom stereocenters. The Labute approximate surface area is 100 Å². The zero-order chi connectivity index (χ0) is 12.3. The summed E-state index contributed by atoms with van der Waals surface area (Å²) in [6, 6.07) is 3.99. The van der Waals surface area contributed by atoms with Gasteiger partial charge >= 0.3 is 0 Å². The first-order chi connectivity index (χ1) is 8.22. The predicted octanol–water partition coefficient (Wildman–Crippen LogP) is 1.73. The van der Waals surface area contributed by atoms with Gasteiger partial charge in [0.2, 0.25) is 0 Å². The van der Waals surface area contributed by atoms with E-state index in [1.165, 1.54) is 0 Å². The first-order valence-corrected chi connectivity index (χ1v) is 5.45. The van der Waals surface area contributed by atoms with Gasteiger partial charge in [0.1, 0.15) is 5.82 Å². The molecule has 0 aliphatic rings. The van der Waals surface area contributed by atoms with Gasteiger partial charge in [0.25, 0.3) is 0 Å². The fraction of sp³-hybridized carbons (Fsp3) is 0.333. The Bertz CT molecular complexity index is 495. The van der Waals surface area contributed by atoms with Crippen molar-refractivity contribution in [1.29, 1.82) is 0 Å². The largest absolute Gasteiger partial charge is 0.384 e. The number of imidazole rings is 1. The van der Waals surface area contributed by atoms with Crippen molar-refractivity contribution in [3.8, 4) is 11.3 Å². The van der Waals surface area contributed by atoms with Crippen LogP contribution in [-0.4, -0.2) is 28.3 Å². The Morgan fingerprint density at radius 2 is 2.35 bits per heavy atom. The molecule has 0 fully saturated rings. The molecule has 2 rings (SSSR count). The summed E-state index contributed by atoms with van der Waals surface area (Å²) < 4.78 is 7.22. The molecule has 0 aromatic carbocycles. The summed E-state index contributed by atoms with van der Waals surface area (Å²) >= 11 is 0. The number of nitrogens with zero attached hydrogens (tertiary/aromatic N) is 3. The molecule has 0 radical (unpaired) electrons. The number of nitrogen functional groups attached to an aromatic ring is 1. The number of hydrogen-bond acceptors (Lipinski definition) is 4. The monoisotopic (exact) mass is 232 g/mol. The molecule has 2 aromatic rings. The highest BCUT2D eigenvalue weighted by Gasteiger charge is 2.11. The SMILES string of the molecule is COCC(C)n1cncc1-c1ccnc(N)c1. The summed E-state index contributed by atoms with van der Waals surface area (Å²) in [7, 11) is 1.69. The van der Waals surface area contributed by atoms with E-state index >= 15 is 0 Å². The highest BCUT2D eigenvalue weighted by molar-refractivity contribution is 5.61. The lowest BCUT2D eigenvalue weighted by Crippen LogP contribution is -2.11. The first-order valence-electron chi connectivity index (χ1n) is 5.45. The van der Waals surface area contributed by atoms with Gasteiger partial charge in [-0.05, 0) is 19.1 Å². The maximum absolute atomic E-state index is 5.68. The second-order valence-corrected chi connectivity index (χ2v) is 3.96. The van der Waals surface area contributed by atoms with Crippen LogP contribution in [0.1, 0.15) is 13.0 Å². The van der Waals surface area contributed by atoms with E-state index in [1.807, 2.05) is 18.3 Å². The Hall–Kier alpha value is -1.88. The first kappa shape index (κ1) is 11.6. The lowest BCUT2D eigenvalue weighted by atomic mass is 10.2. The number of nitrogens with two attached hydrogens (primary N) is 1. The van der Waals surface area contributed by atoms with Gasteiger partial charge in [-0.25, -0.2) is 9.97 Å². The van der Waals surface area contributed by atoms with E-state index in [-0.39, 0.29) is 6.04 Å². The fourth-order valence-corrected chi connectivity index (χ4v) is 1.81. The molecule has 0 aliphatic heterocycles. The minimum atomic E-state index is 0.229. The summed E-state index contributed by atoms with van der Waals surface area (Å²) in [5, 5.41) is 0. The lowest BCUT2D eigenvalue weighted by molar-refractivity contribution is 0.163. The summed E-state index contributed by atoms with van der Waals surface area (Å²) in [4.78, 5) is 8.16. The van der Waals surface area contributed by atoms with Crippen LogP contribution in [0.15, 0.2) is 30.9 Å². The second-order valence-electron chi connectivity index (χ2n) is 3.96. The van der Waals surface area contributed by atoms with Gasteiger partial charge in [-0.15, -0.1) is 0 Å². The highest BCUT2D eigenvalue weighted by Crippen LogP contribution is 2.23. The van der Waals surface area contributed by atoms with Gasteiger partial charge in [-0.3, -0.25) is 0 Å². The van der Waals surface area contributed by atoms with E-state index in [0.29, 0.717) is 12.4 Å². The normalized spacial score (nSPS) is 12.6. The Kier molecular flexibility index (Phi) is 3.39. The molecule has 0 spiro atoms. The molecule has 90 valence electrons. The number of hydrogen-bond donors (Lipinski definition) is 1. The van der Waals surface area contributed by atoms with Crippen molar-refractivity contribution in [2.75, 3.05) is 19.5 Å². The lowest BCUT2D eigenvalue weighted by Gasteiger charge is -2.15. The minimum absolute atomic E-state index is 0.229. The van der Waals surface area contributed by atoms with Crippen LogP contribution in [0, 0.1) is 0 Å². The van der Waals surface area contributed by atoms with E-state index in [9.17, 15) is 0 Å². The van der Waals surface area contributed by atoms with E-state index in [1.54, 1.807) is 19.6 Å². The molecule has 2 aromatic heterocycles. The van der Waals surface area contributed by atoms with Crippen molar-refractivity contribution in [2.24, 2.45) is 0 Å². The molecular weight excluding hydrogens is 216 g/mol. The number of methoxy groups -OCH3 is 1. The van der Waals surface area contributed by atoms with E-state index in [0.717, 1.165) is 11.3 Å². The van der Waals surface area contributed by atoms with Gasteiger partial charge in [0.15, 0.2) is 0 Å². The molecule has 0 saturated heterocycles. The van der Waals surface area contributed by atoms with Crippen LogP contribution >= 0.6 is 0 Å². The Morgan fingerprint density at radius 1 is 1.53 bits per heavy atom. The van der Waals surface area contributed by atoms with Gasteiger partial charge in [0, 0.05) is 18.9 Å². The van der Waals surface area contributed by atoms with E-state index < -0.39 is 0 Å². The zero-order valence-electron chi connectivity index (χ0n) is 10.00. The molecule has 1 unspecified atom stereocenters. The third kappa shape index (κ3) is 2.45. The average molecular weight is 232 g/mol. The summed E-state index contributed by atoms with van der Waals surface area (Å²) in [5.74, 6) is 0.509. The molecule has 0 bridgehead atoms. The maximum Gasteiger partial charge on any atom is 0.123 e. The number of pyridine rings is 1. The molecule has 0 saturated carbocycles. The predicted molar refractivity (Wildman–Crippen MR) is 66.5 cm³/mol. The van der Waals surface area contributed by atoms with Crippen molar-refractivity contribution < 1.29 is 4.74 Å². The summed E-state index contributed by atoms with van der Waals surface area (Å²) in [6.45, 7) is 2.73. The van der Waals surface area contributed by atoms with Gasteiger partial charge in [0.05, 0.1) is 30.9 Å². The molecule has 5 heteroatoms. The van der Waals surface area contributed by atoms with Crippen LogP contribution in [-0.2, 0) is 4.74 Å². The average Bonchev–Trinajstić information content (AvgIpc) is 2.78. The maximum atomic E-state index is 5.68. The van der Waals surface area contributed by atoms with Crippen LogP contribution in [0.4, 0.5) is 5.82 Å². The highest BCUT2D eigenvalue weighted by atomic mass is 16.5. The molecule has 5 nitrogen and oxygen atoms in total. The molecule has 0 aliphatic carbocycles. The molecular formula is C12H16N4O. The summed E-state index contributed by atoms with van der Waals surface area (Å²) in [6.07, 6.45) is 5.32. The van der Waals surface area contributed by atoms with Gasteiger partial charge < -0.3 is 15.0 Å². The van der Waals surface area contributed by atoms with Crippen LogP contribution < -0.4 is 5.73 Å². The van der Waals surface area contributed by atoms with Crippen molar-refractivity contribution in [3.05, 3.63) is 30.9 Å². The zero-order valence-corrected chi connectivity index (χ0v) is 10.00. The van der Waals surface area contributed by atoms with Crippen molar-refractivity contribution in [1.82, 2.24) is 14.5 Å². The van der Waals surface area contributed by atoms with Crippen LogP contribution in [0.25, 0.3) is 11.3 Å². The summed E-state index contributed by atoms with van der Waals surface area (Å²) in [5.41, 5.74) is 7.71. The van der Waals surface area contributed by atoms with Crippen LogP contribution in [0.5, 0.6) is 0 Å². The third-order valence-corrected chi connectivity index (χ3v) is 2.63. The third-order valence-electron chi connectivity index (χ3n) is 2.63. The minimum Gasteiger partial charge on any atom is -0.384 e. The van der Waals surface area contributed by atoms with Crippen molar-refractivity contribution >= 4 is 5.82 Å². The van der Waals surface area contributed by atoms with E-state index in [4.69, 9.17) is 10.5 Å². The number of rotatable bonds is 4. The van der Waals surface area contributed by atoms with Crippen LogP contribution in [0.2, 0.25) is 0 Å². The standard InChI is InChI=1S/C12H16N4O/c1-9(7-17-2)16-8-14-6-11(16)10-3-4-15-12(13)5-10/h3-6,8-9H,7H2,1-2H3,(H2,13,15). The smallest absolute Gasteiger partial charge is 0.123 e. The molecule has 2 heterocycles. The van der Waals surface area contributed by atoms with Crippen LogP contribution in [0.3, 0.4) is 0 Å². The number of ether oxygens (including phenoxy) is 1. The number of anilines is 1. The number of aromatic nitrogens is 3. The van der Waals surface area contributed by atoms with Crippen molar-refractivity contribution in [3.63, 3.8) is 0 Å². The van der Waals surface area contributed by atoms with Gasteiger partial charge in [-0.1, -0.05) is 0 Å².